The van der Waals surface area contributed by atoms with Gasteiger partial charge in [-0.05, 0) is 46.7 Å². The van der Waals surface area contributed by atoms with Crippen molar-refractivity contribution >= 4 is 10.0 Å². The van der Waals surface area contributed by atoms with E-state index in [-0.39, 0.29) is 11.3 Å². The fraction of sp³-hybridized carbons (Fsp3) is 1.00. The molecule has 0 amide bonds. The van der Waals surface area contributed by atoms with E-state index in [0.29, 0.717) is 6.42 Å². The molecule has 0 heterocycles. The van der Waals surface area contributed by atoms with E-state index in [1.54, 1.807) is 0 Å². The quantitative estimate of drug-likeness (QED) is 0.620. The maximum atomic E-state index is 11.6. The fourth-order valence-electron chi connectivity index (χ4n) is 1.14. The Labute approximate surface area is 93.9 Å². The summed E-state index contributed by atoms with van der Waals surface area (Å²) < 4.78 is 26.0. The van der Waals surface area contributed by atoms with Crippen LogP contribution in [0.25, 0.3) is 0 Å². The largest absolute Gasteiger partial charge is 0.320 e. The Morgan fingerprint density at radius 2 is 1.80 bits per heavy atom. The Bertz CT molecular complexity index is 261. The van der Waals surface area contributed by atoms with Gasteiger partial charge >= 0.3 is 0 Å². The van der Waals surface area contributed by atoms with E-state index in [4.69, 9.17) is 0 Å². The van der Waals surface area contributed by atoms with Crippen LogP contribution in [0.3, 0.4) is 0 Å². The molecule has 0 fully saturated rings. The van der Waals surface area contributed by atoms with Crippen LogP contribution in [0.15, 0.2) is 0 Å². The maximum Gasteiger partial charge on any atom is 0.212 e. The highest BCUT2D eigenvalue weighted by Gasteiger charge is 2.22. The van der Waals surface area contributed by atoms with Crippen molar-refractivity contribution in [1.82, 2.24) is 10.0 Å². The summed E-state index contributed by atoms with van der Waals surface area (Å²) in [6.45, 7) is 6.65. The molecule has 2 N–H and O–H groups in total. The molecule has 5 heteroatoms. The van der Waals surface area contributed by atoms with E-state index in [9.17, 15) is 8.42 Å². The minimum Gasteiger partial charge on any atom is -0.320 e. The highest BCUT2D eigenvalue weighted by atomic mass is 32.2. The molecule has 0 unspecified atom stereocenters. The summed E-state index contributed by atoms with van der Waals surface area (Å²) in [6, 6.07) is 0. The number of hydrogen-bond donors (Lipinski definition) is 2. The highest BCUT2D eigenvalue weighted by molar-refractivity contribution is 7.89. The third kappa shape index (κ3) is 7.76. The molecule has 0 rings (SSSR count). The van der Waals surface area contributed by atoms with Crippen molar-refractivity contribution in [2.75, 3.05) is 19.3 Å². The molecular formula is C10H24N2O2S. The Morgan fingerprint density at radius 3 is 2.27 bits per heavy atom. The molecule has 0 aliphatic heterocycles. The predicted molar refractivity (Wildman–Crippen MR) is 64.5 cm³/mol. The molecule has 0 spiro atoms. The van der Waals surface area contributed by atoms with Gasteiger partial charge in [-0.25, -0.2) is 13.1 Å². The summed E-state index contributed by atoms with van der Waals surface area (Å²) in [5.74, 6) is 0.220. The lowest BCUT2D eigenvalue weighted by atomic mass is 10.0. The average Bonchev–Trinajstić information content (AvgIpc) is 2.11. The van der Waals surface area contributed by atoms with Crippen LogP contribution in [-0.2, 0) is 10.0 Å². The smallest absolute Gasteiger partial charge is 0.212 e. The molecular weight excluding hydrogens is 212 g/mol. The molecule has 4 nitrogen and oxygen atoms in total. The summed E-state index contributed by atoms with van der Waals surface area (Å²) in [7, 11) is -1.24. The number of rotatable bonds is 8. The zero-order valence-electron chi connectivity index (χ0n) is 10.3. The molecule has 0 aromatic heterocycles. The maximum absolute atomic E-state index is 11.6. The van der Waals surface area contributed by atoms with E-state index < -0.39 is 10.0 Å². The van der Waals surface area contributed by atoms with E-state index in [1.807, 2.05) is 27.8 Å². The van der Waals surface area contributed by atoms with Gasteiger partial charge in [-0.15, -0.1) is 0 Å². The molecule has 15 heavy (non-hydrogen) atoms. The fourth-order valence-corrected chi connectivity index (χ4v) is 2.81. The zero-order chi connectivity index (χ0) is 11.9. The van der Waals surface area contributed by atoms with Gasteiger partial charge in [-0.3, -0.25) is 0 Å². The normalized spacial score (nSPS) is 13.1. The van der Waals surface area contributed by atoms with Crippen LogP contribution in [-0.4, -0.2) is 33.3 Å². The second kappa shape index (κ2) is 6.45. The van der Waals surface area contributed by atoms with Crippen LogP contribution in [0, 0.1) is 0 Å². The Hall–Kier alpha value is -0.130. The number of sulfonamides is 1. The zero-order valence-corrected chi connectivity index (χ0v) is 11.1. The first-order valence-electron chi connectivity index (χ1n) is 5.49. The van der Waals surface area contributed by atoms with Crippen LogP contribution < -0.4 is 10.0 Å². The first kappa shape index (κ1) is 14.9. The lowest BCUT2D eigenvalue weighted by molar-refractivity contribution is 0.438. The molecule has 0 atom stereocenters. The molecule has 0 aromatic carbocycles. The SMILES string of the molecule is CCC(C)(C)NS(=O)(=O)CCCCNC. The van der Waals surface area contributed by atoms with Crippen LogP contribution >= 0.6 is 0 Å². The monoisotopic (exact) mass is 236 g/mol. The van der Waals surface area contributed by atoms with Crippen molar-refractivity contribution in [2.24, 2.45) is 0 Å². The van der Waals surface area contributed by atoms with E-state index in [1.165, 1.54) is 0 Å². The lowest BCUT2D eigenvalue weighted by Crippen LogP contribution is -2.43. The minimum atomic E-state index is -3.11. The van der Waals surface area contributed by atoms with Crippen LogP contribution in [0.1, 0.15) is 40.0 Å². The van der Waals surface area contributed by atoms with Gasteiger partial charge in [-0.1, -0.05) is 6.92 Å². The van der Waals surface area contributed by atoms with Crippen LogP contribution in [0.4, 0.5) is 0 Å². The number of nitrogens with one attached hydrogen (secondary N) is 2. The molecule has 0 radical (unpaired) electrons. The van der Waals surface area contributed by atoms with Crippen molar-refractivity contribution in [3.63, 3.8) is 0 Å². The Balaban J connectivity index is 3.98. The molecule has 92 valence electrons. The third-order valence-electron chi connectivity index (χ3n) is 2.41. The lowest BCUT2D eigenvalue weighted by Gasteiger charge is -2.24. The van der Waals surface area contributed by atoms with E-state index in [0.717, 1.165) is 19.4 Å². The minimum absolute atomic E-state index is 0.220. The Kier molecular flexibility index (Phi) is 6.40. The van der Waals surface area contributed by atoms with Crippen molar-refractivity contribution in [3.8, 4) is 0 Å². The summed E-state index contributed by atoms with van der Waals surface area (Å²) in [4.78, 5) is 0. The van der Waals surface area contributed by atoms with Crippen LogP contribution in [0.2, 0.25) is 0 Å². The van der Waals surface area contributed by atoms with Gasteiger partial charge in [0.25, 0.3) is 0 Å². The van der Waals surface area contributed by atoms with Crippen molar-refractivity contribution in [2.45, 2.75) is 45.6 Å². The molecule has 0 saturated carbocycles. The van der Waals surface area contributed by atoms with Crippen molar-refractivity contribution in [3.05, 3.63) is 0 Å². The summed E-state index contributed by atoms with van der Waals surface area (Å²) in [6.07, 6.45) is 2.39. The number of unbranched alkanes of at least 4 members (excludes halogenated alkanes) is 1. The van der Waals surface area contributed by atoms with Gasteiger partial charge in [0.1, 0.15) is 0 Å². The average molecular weight is 236 g/mol. The van der Waals surface area contributed by atoms with Gasteiger partial charge in [-0.2, -0.15) is 0 Å². The van der Waals surface area contributed by atoms with Crippen LogP contribution in [0.5, 0.6) is 0 Å². The topological polar surface area (TPSA) is 58.2 Å². The third-order valence-corrected chi connectivity index (χ3v) is 4.10. The van der Waals surface area contributed by atoms with Gasteiger partial charge in [0.2, 0.25) is 10.0 Å². The standard InChI is InChI=1S/C10H24N2O2S/c1-5-10(2,3)12-15(13,14)9-7-6-8-11-4/h11-12H,5-9H2,1-4H3. The number of hydrogen-bond acceptors (Lipinski definition) is 3. The first-order chi connectivity index (χ1) is 6.83. The Morgan fingerprint density at radius 1 is 1.20 bits per heavy atom. The molecule has 0 aromatic rings. The molecule has 0 aliphatic rings. The predicted octanol–water partition coefficient (Wildman–Crippen LogP) is 1.09. The molecule has 0 aliphatic carbocycles. The van der Waals surface area contributed by atoms with Gasteiger partial charge in [0, 0.05) is 5.54 Å². The second-order valence-corrected chi connectivity index (χ2v) is 6.31. The first-order valence-corrected chi connectivity index (χ1v) is 7.14. The summed E-state index contributed by atoms with van der Waals surface area (Å²) in [5.41, 5.74) is -0.332. The molecule has 0 saturated heterocycles. The van der Waals surface area contributed by atoms with Gasteiger partial charge in [0.05, 0.1) is 5.75 Å². The van der Waals surface area contributed by atoms with E-state index in [2.05, 4.69) is 10.0 Å². The summed E-state index contributed by atoms with van der Waals surface area (Å²) in [5, 5.41) is 3.00. The van der Waals surface area contributed by atoms with E-state index >= 15 is 0 Å². The van der Waals surface area contributed by atoms with Crippen molar-refractivity contribution < 1.29 is 8.42 Å². The molecule has 0 bridgehead atoms. The van der Waals surface area contributed by atoms with Gasteiger partial charge in [0.15, 0.2) is 0 Å². The van der Waals surface area contributed by atoms with Crippen molar-refractivity contribution in [1.29, 1.82) is 0 Å². The highest BCUT2D eigenvalue weighted by Crippen LogP contribution is 2.09. The summed E-state index contributed by atoms with van der Waals surface area (Å²) >= 11 is 0. The second-order valence-electron chi connectivity index (χ2n) is 4.47. The van der Waals surface area contributed by atoms with Gasteiger partial charge < -0.3 is 5.32 Å².